The molecular weight excluding hydrogens is 442 g/mol. The van der Waals surface area contributed by atoms with E-state index in [0.717, 1.165) is 37.6 Å². The Kier molecular flexibility index (Phi) is 6.25. The summed E-state index contributed by atoms with van der Waals surface area (Å²) in [5.41, 5.74) is 2.24. The van der Waals surface area contributed by atoms with Gasteiger partial charge in [-0.25, -0.2) is 4.79 Å². The number of piperazine rings is 1. The fourth-order valence-electron chi connectivity index (χ4n) is 4.82. The maximum absolute atomic E-state index is 13.6. The number of benzene rings is 3. The van der Waals surface area contributed by atoms with Crippen molar-refractivity contribution in [1.29, 1.82) is 0 Å². The molecule has 0 radical (unpaired) electrons. The van der Waals surface area contributed by atoms with Crippen LogP contribution in [0.25, 0.3) is 16.5 Å². The summed E-state index contributed by atoms with van der Waals surface area (Å²) in [5.74, 6) is -0.213. The molecule has 0 bridgehead atoms. The summed E-state index contributed by atoms with van der Waals surface area (Å²) in [6.07, 6.45) is 0. The van der Waals surface area contributed by atoms with Crippen LogP contribution in [0.5, 0.6) is 5.75 Å². The number of pyridine rings is 1. The maximum atomic E-state index is 13.6. The van der Waals surface area contributed by atoms with Crippen molar-refractivity contribution in [1.82, 2.24) is 9.47 Å². The summed E-state index contributed by atoms with van der Waals surface area (Å²) in [5, 5.41) is 11.1. The molecule has 0 atom stereocenters. The molecule has 0 unspecified atom stereocenters. The Balaban J connectivity index is 1.52. The van der Waals surface area contributed by atoms with Crippen molar-refractivity contribution in [3.8, 4) is 11.4 Å². The van der Waals surface area contributed by atoms with E-state index in [0.29, 0.717) is 28.7 Å². The first-order chi connectivity index (χ1) is 17.1. The van der Waals surface area contributed by atoms with E-state index < -0.39 is 5.97 Å². The number of carbonyl (C=O) groups is 1. The Labute approximate surface area is 203 Å². The molecule has 0 amide bonds. The zero-order valence-corrected chi connectivity index (χ0v) is 19.6. The molecule has 7 nitrogen and oxygen atoms in total. The SMILES string of the molecule is COc1cccc(N2CCN(Cc3c(C(=O)O)c4ccccc4c(=O)n3-c3ccccc3)CC2)c1. The van der Waals surface area contributed by atoms with Crippen LogP contribution in [0.2, 0.25) is 0 Å². The molecule has 0 saturated carbocycles. The van der Waals surface area contributed by atoms with Gasteiger partial charge < -0.3 is 14.7 Å². The molecule has 1 aliphatic rings. The number of rotatable bonds is 6. The molecule has 1 N–H and O–H groups in total. The largest absolute Gasteiger partial charge is 0.497 e. The number of anilines is 1. The fourth-order valence-corrected chi connectivity index (χ4v) is 4.82. The van der Waals surface area contributed by atoms with Crippen LogP contribution in [0.3, 0.4) is 0 Å². The van der Waals surface area contributed by atoms with E-state index in [1.54, 1.807) is 35.9 Å². The lowest BCUT2D eigenvalue weighted by Gasteiger charge is -2.36. The van der Waals surface area contributed by atoms with Crippen LogP contribution < -0.4 is 15.2 Å². The van der Waals surface area contributed by atoms with E-state index in [2.05, 4.69) is 15.9 Å². The molecule has 2 heterocycles. The number of hydrogen-bond donors (Lipinski definition) is 1. The van der Waals surface area contributed by atoms with Crippen LogP contribution >= 0.6 is 0 Å². The molecule has 1 aliphatic heterocycles. The van der Waals surface area contributed by atoms with Crippen molar-refractivity contribution < 1.29 is 14.6 Å². The zero-order chi connectivity index (χ0) is 24.4. The molecule has 4 aromatic rings. The van der Waals surface area contributed by atoms with Crippen LogP contribution in [0.15, 0.2) is 83.7 Å². The molecule has 178 valence electrons. The molecule has 1 fully saturated rings. The number of aromatic carboxylic acids is 1. The quantitative estimate of drug-likeness (QED) is 0.460. The second-order valence-corrected chi connectivity index (χ2v) is 8.61. The third-order valence-corrected chi connectivity index (χ3v) is 6.58. The predicted molar refractivity (Wildman–Crippen MR) is 137 cm³/mol. The summed E-state index contributed by atoms with van der Waals surface area (Å²) in [6.45, 7) is 3.43. The van der Waals surface area contributed by atoms with E-state index in [4.69, 9.17) is 4.74 Å². The second kappa shape index (κ2) is 9.64. The van der Waals surface area contributed by atoms with Crippen molar-refractivity contribution >= 4 is 22.4 Å². The van der Waals surface area contributed by atoms with E-state index in [1.807, 2.05) is 48.5 Å². The summed E-state index contributed by atoms with van der Waals surface area (Å²) in [4.78, 5) is 30.6. The standard InChI is InChI=1S/C28H27N3O4/c1-35-22-11-7-10-21(18-22)30-16-14-29(15-17-30)19-25-26(28(33)34)23-12-5-6-13-24(23)27(32)31(25)20-8-3-2-4-9-20/h2-13,18H,14-17,19H2,1H3,(H,33,34). The summed E-state index contributed by atoms with van der Waals surface area (Å²) >= 11 is 0. The zero-order valence-electron chi connectivity index (χ0n) is 19.6. The summed E-state index contributed by atoms with van der Waals surface area (Å²) < 4.78 is 6.93. The van der Waals surface area contributed by atoms with Crippen LogP contribution in [0.1, 0.15) is 16.1 Å². The number of nitrogens with zero attached hydrogens (tertiary/aromatic N) is 3. The fraction of sp³-hybridized carbons (Fsp3) is 0.214. The predicted octanol–water partition coefficient (Wildman–Crippen LogP) is 4.02. The lowest BCUT2D eigenvalue weighted by atomic mass is 10.0. The van der Waals surface area contributed by atoms with E-state index in [1.165, 1.54) is 0 Å². The Morgan fingerprint density at radius 2 is 1.51 bits per heavy atom. The van der Waals surface area contributed by atoms with Crippen molar-refractivity contribution in [3.63, 3.8) is 0 Å². The number of methoxy groups -OCH3 is 1. The molecular formula is C28H27N3O4. The monoisotopic (exact) mass is 469 g/mol. The Bertz CT molecular complexity index is 1420. The lowest BCUT2D eigenvalue weighted by Crippen LogP contribution is -2.46. The Morgan fingerprint density at radius 1 is 0.857 bits per heavy atom. The van der Waals surface area contributed by atoms with Gasteiger partial charge in [-0.3, -0.25) is 14.3 Å². The maximum Gasteiger partial charge on any atom is 0.338 e. The number of aromatic nitrogens is 1. The first-order valence-electron chi connectivity index (χ1n) is 11.6. The molecule has 1 saturated heterocycles. The van der Waals surface area contributed by atoms with Gasteiger partial charge in [-0.2, -0.15) is 0 Å². The molecule has 1 aromatic heterocycles. The van der Waals surface area contributed by atoms with Gasteiger partial charge in [0.05, 0.1) is 18.4 Å². The van der Waals surface area contributed by atoms with E-state index in [-0.39, 0.29) is 11.1 Å². The molecule has 35 heavy (non-hydrogen) atoms. The van der Waals surface area contributed by atoms with Crippen molar-refractivity contribution in [2.45, 2.75) is 6.54 Å². The Morgan fingerprint density at radius 3 is 2.20 bits per heavy atom. The topological polar surface area (TPSA) is 75.0 Å². The number of carboxylic acids is 1. The summed E-state index contributed by atoms with van der Waals surface area (Å²) in [6, 6.07) is 24.2. The van der Waals surface area contributed by atoms with Crippen molar-refractivity contribution in [2.24, 2.45) is 0 Å². The van der Waals surface area contributed by atoms with Gasteiger partial charge in [-0.15, -0.1) is 0 Å². The van der Waals surface area contributed by atoms with E-state index >= 15 is 0 Å². The highest BCUT2D eigenvalue weighted by atomic mass is 16.5. The number of hydrogen-bond acceptors (Lipinski definition) is 5. The smallest absolute Gasteiger partial charge is 0.338 e. The van der Waals surface area contributed by atoms with Gasteiger partial charge in [0.25, 0.3) is 5.56 Å². The molecule has 5 rings (SSSR count). The highest BCUT2D eigenvalue weighted by molar-refractivity contribution is 6.04. The van der Waals surface area contributed by atoms with Crippen LogP contribution in [0.4, 0.5) is 5.69 Å². The first kappa shape index (κ1) is 22.7. The third kappa shape index (κ3) is 4.38. The number of para-hydroxylation sites is 1. The third-order valence-electron chi connectivity index (χ3n) is 6.58. The number of ether oxygens (including phenoxy) is 1. The molecule has 0 spiro atoms. The van der Waals surface area contributed by atoms with Crippen LogP contribution in [0, 0.1) is 0 Å². The van der Waals surface area contributed by atoms with Crippen LogP contribution in [-0.2, 0) is 6.54 Å². The minimum atomic E-state index is -1.03. The minimum Gasteiger partial charge on any atom is -0.497 e. The van der Waals surface area contributed by atoms with Crippen molar-refractivity contribution in [2.75, 3.05) is 38.2 Å². The molecule has 7 heteroatoms. The van der Waals surface area contributed by atoms with Gasteiger partial charge in [0.1, 0.15) is 5.75 Å². The van der Waals surface area contributed by atoms with Crippen molar-refractivity contribution in [3.05, 3.63) is 100 Å². The average molecular weight is 470 g/mol. The van der Waals surface area contributed by atoms with Gasteiger partial charge in [0.15, 0.2) is 0 Å². The van der Waals surface area contributed by atoms with E-state index in [9.17, 15) is 14.7 Å². The highest BCUT2D eigenvalue weighted by Crippen LogP contribution is 2.26. The summed E-state index contributed by atoms with van der Waals surface area (Å²) in [7, 11) is 1.66. The van der Waals surface area contributed by atoms with Crippen LogP contribution in [-0.4, -0.2) is 53.8 Å². The first-order valence-corrected chi connectivity index (χ1v) is 11.6. The number of carboxylic acid groups (broad SMARTS) is 1. The molecule has 0 aliphatic carbocycles. The van der Waals surface area contributed by atoms with Gasteiger partial charge in [-0.05, 0) is 30.3 Å². The van der Waals surface area contributed by atoms with Gasteiger partial charge in [0, 0.05) is 60.9 Å². The van der Waals surface area contributed by atoms with Gasteiger partial charge in [-0.1, -0.05) is 42.5 Å². The average Bonchev–Trinajstić information content (AvgIpc) is 2.90. The lowest BCUT2D eigenvalue weighted by molar-refractivity contribution is 0.0695. The normalized spacial score (nSPS) is 14.3. The number of fused-ring (bicyclic) bond motifs is 1. The molecule has 3 aromatic carbocycles. The minimum absolute atomic E-state index is 0.180. The second-order valence-electron chi connectivity index (χ2n) is 8.61. The Hall–Kier alpha value is -4.10. The highest BCUT2D eigenvalue weighted by Gasteiger charge is 2.25. The van der Waals surface area contributed by atoms with Gasteiger partial charge in [0.2, 0.25) is 0 Å². The van der Waals surface area contributed by atoms with Gasteiger partial charge >= 0.3 is 5.97 Å².